The number of likely N-dealkylation sites (tertiary alicyclic amines) is 1. The number of quaternary nitrogens is 1. The van der Waals surface area contributed by atoms with E-state index in [4.69, 9.17) is 29.6 Å². The summed E-state index contributed by atoms with van der Waals surface area (Å²) in [5.41, 5.74) is 2.44. The molecule has 2 bridgehead atoms. The van der Waals surface area contributed by atoms with Gasteiger partial charge in [0, 0.05) is 72.0 Å². The second-order valence-corrected chi connectivity index (χ2v) is 25.7. The standard InChI is InChI=1S/C63H80F2N16O4/c1-61(2)37-50(44-17-7-8-18-51(44)85-61)69-57(83)40-13-11-14-41(35-40)73-62(23-27-66-28-24-62)58-71-54(75-77-58)48-21-32-81(38-67-48)31-9-5-6-16-43-36-49(70-60(81)80(43)4)55-72-59(78-76-55)63(25-29-79(3)30-26-63)74-42-15-10-12-39(34-42)56(82)68-47-22-33-84-53-45(47)19-20-46(64)52(53)65/h7-8,10-15,17-20,34-35,43,47-50,60,66-67,70,73-74H,5-6,9,16,21-33,36-38H2,1-4H3,(H3-,68,69,71,72,75,76,77,78,82,83)/p+1/t43?,47-,48?,49?,50+,60?,81?/m1/s1. The highest BCUT2D eigenvalue weighted by Gasteiger charge is 2.50. The number of para-hydroxylation sites is 1. The van der Waals surface area contributed by atoms with Gasteiger partial charge in [-0.3, -0.25) is 29.6 Å². The van der Waals surface area contributed by atoms with Crippen molar-refractivity contribution in [2.24, 2.45) is 0 Å². The molecule has 5 unspecified atom stereocenters. The molecule has 4 aromatic carbocycles. The molecule has 13 rings (SSSR count). The van der Waals surface area contributed by atoms with E-state index >= 15 is 0 Å². The Hall–Kier alpha value is -7.08. The number of hydrogen-bond donors (Lipinski definition) is 9. The van der Waals surface area contributed by atoms with Gasteiger partial charge < -0.3 is 41.0 Å². The Bertz CT molecular complexity index is 3390. The molecule has 9 heterocycles. The molecule has 0 radical (unpaired) electrons. The average molecular weight is 1160 g/mol. The van der Waals surface area contributed by atoms with E-state index in [-0.39, 0.29) is 48.6 Å². The molecule has 9 N–H and O–H groups in total. The van der Waals surface area contributed by atoms with Crippen molar-refractivity contribution in [3.63, 3.8) is 0 Å². The SMILES string of the molecule is CN1CCC(Nc2cccc(C(=O)N[C@@H]3CCOc4c3ccc(F)c4F)c2)(c2n[nH]c(C3CC4CCCCC[N+]5(CCC(c6nc(C7(Nc8cccc(C(=O)N[C@H]9CC(C)(C)Oc%10ccccc%109)c8)CCNCC7)n[nH]6)NC5)C(N3)N4C)n2)CC1. The van der Waals surface area contributed by atoms with Crippen LogP contribution >= 0.6 is 0 Å². The number of carbonyl (C=O) groups is 2. The van der Waals surface area contributed by atoms with Crippen molar-refractivity contribution in [2.75, 3.05) is 77.3 Å². The predicted molar refractivity (Wildman–Crippen MR) is 317 cm³/mol. The van der Waals surface area contributed by atoms with E-state index in [9.17, 15) is 18.4 Å². The fourth-order valence-electron chi connectivity index (χ4n) is 14.6. The first-order valence-electron chi connectivity index (χ1n) is 30.7. The van der Waals surface area contributed by atoms with Crippen LogP contribution in [0.15, 0.2) is 84.9 Å². The van der Waals surface area contributed by atoms with E-state index in [0.29, 0.717) is 41.4 Å². The van der Waals surface area contributed by atoms with Crippen LogP contribution in [0, 0.1) is 11.6 Å². The number of carbonyl (C=O) groups excluding carboxylic acids is 2. The number of amides is 2. The number of nitrogens with one attached hydrogen (secondary N) is 9. The first kappa shape index (κ1) is 57.0. The van der Waals surface area contributed by atoms with Crippen molar-refractivity contribution in [1.82, 2.24) is 66.7 Å². The molecular weight excluding hydrogens is 1080 g/mol. The van der Waals surface area contributed by atoms with Gasteiger partial charge in [-0.2, -0.15) is 14.6 Å². The molecule has 2 aromatic heterocycles. The van der Waals surface area contributed by atoms with Crippen LogP contribution in [-0.4, -0.2) is 141 Å². The van der Waals surface area contributed by atoms with Crippen LogP contribution in [0.3, 0.4) is 0 Å². The summed E-state index contributed by atoms with van der Waals surface area (Å²) >= 11 is 0. The Morgan fingerprint density at radius 1 is 0.718 bits per heavy atom. The quantitative estimate of drug-likeness (QED) is 0.0531. The Kier molecular flexibility index (Phi) is 15.6. The number of piperidine rings is 2. The third-order valence-electron chi connectivity index (χ3n) is 19.4. The molecule has 7 atom stereocenters. The van der Waals surface area contributed by atoms with E-state index in [0.717, 1.165) is 154 Å². The largest absolute Gasteiger partial charge is 0.490 e. The monoisotopic (exact) mass is 1160 g/mol. The predicted octanol–water partition coefficient (Wildman–Crippen LogP) is 7.91. The molecule has 7 aliphatic heterocycles. The minimum Gasteiger partial charge on any atom is -0.490 e. The third-order valence-corrected chi connectivity index (χ3v) is 19.4. The van der Waals surface area contributed by atoms with Crippen LogP contribution in [0.1, 0.15) is 170 Å². The van der Waals surface area contributed by atoms with Crippen LogP contribution in [0.5, 0.6) is 11.5 Å². The Morgan fingerprint density at radius 2 is 1.39 bits per heavy atom. The van der Waals surface area contributed by atoms with E-state index in [1.807, 2.05) is 66.7 Å². The van der Waals surface area contributed by atoms with E-state index in [1.54, 1.807) is 6.07 Å². The third kappa shape index (κ3) is 11.5. The maximum absolute atomic E-state index is 14.7. The number of benzene rings is 4. The normalized spacial score (nSPS) is 27.3. The van der Waals surface area contributed by atoms with Crippen molar-refractivity contribution in [1.29, 1.82) is 0 Å². The van der Waals surface area contributed by atoms with Crippen molar-refractivity contribution in [3.8, 4) is 11.5 Å². The summed E-state index contributed by atoms with van der Waals surface area (Å²) in [7, 11) is 4.42. The summed E-state index contributed by atoms with van der Waals surface area (Å²) in [5.74, 6) is 1.27. The molecule has 7 aliphatic rings. The van der Waals surface area contributed by atoms with Crippen molar-refractivity contribution in [3.05, 3.63) is 142 Å². The van der Waals surface area contributed by atoms with Gasteiger partial charge in [0.25, 0.3) is 11.8 Å². The van der Waals surface area contributed by atoms with Crippen LogP contribution in [0.4, 0.5) is 20.2 Å². The summed E-state index contributed by atoms with van der Waals surface area (Å²) < 4.78 is 41.3. The second-order valence-electron chi connectivity index (χ2n) is 25.7. The molecular formula is C63H81F2N16O4+. The lowest BCUT2D eigenvalue weighted by atomic mass is 9.86. The molecule has 6 aromatic rings. The first-order chi connectivity index (χ1) is 41.1. The number of ether oxygens (including phenoxy) is 2. The summed E-state index contributed by atoms with van der Waals surface area (Å²) in [6.07, 6.45) is 10.5. The van der Waals surface area contributed by atoms with Gasteiger partial charge in [-0.15, -0.1) is 0 Å². The number of aromatic nitrogens is 6. The molecule has 22 heteroatoms. The topological polar surface area (TPSA) is 226 Å². The van der Waals surface area contributed by atoms with E-state index < -0.39 is 34.4 Å². The number of rotatable bonds is 12. The summed E-state index contributed by atoms with van der Waals surface area (Å²) in [6, 6.07) is 25.2. The van der Waals surface area contributed by atoms with Gasteiger partial charge in [-0.25, -0.2) is 24.6 Å². The molecule has 5 fully saturated rings. The summed E-state index contributed by atoms with van der Waals surface area (Å²) in [4.78, 5) is 43.5. The van der Waals surface area contributed by atoms with Gasteiger partial charge in [-0.05, 0) is 141 Å². The van der Waals surface area contributed by atoms with Crippen molar-refractivity contribution >= 4 is 23.2 Å². The second kappa shape index (κ2) is 23.3. The van der Waals surface area contributed by atoms with Gasteiger partial charge in [0.05, 0.1) is 43.9 Å². The van der Waals surface area contributed by atoms with Crippen molar-refractivity contribution in [2.45, 2.75) is 144 Å². The van der Waals surface area contributed by atoms with Crippen LogP contribution in [-0.2, 0) is 11.1 Å². The minimum absolute atomic E-state index is 0.0168. The summed E-state index contributed by atoms with van der Waals surface area (Å²) in [6.45, 7) is 10.2. The maximum atomic E-state index is 14.7. The molecule has 85 heavy (non-hydrogen) atoms. The molecule has 0 saturated carbocycles. The number of aromatic amines is 2. The lowest BCUT2D eigenvalue weighted by molar-refractivity contribution is -0.973. The van der Waals surface area contributed by atoms with E-state index in [2.05, 4.69) is 85.2 Å². The van der Waals surface area contributed by atoms with Gasteiger partial charge in [0.2, 0.25) is 12.1 Å². The van der Waals surface area contributed by atoms with Gasteiger partial charge >= 0.3 is 0 Å². The Morgan fingerprint density at radius 3 is 2.08 bits per heavy atom. The van der Waals surface area contributed by atoms with Gasteiger partial charge in [0.1, 0.15) is 40.7 Å². The van der Waals surface area contributed by atoms with Crippen LogP contribution in [0.25, 0.3) is 0 Å². The molecule has 0 aliphatic carbocycles. The number of fused-ring (bicyclic) bond motifs is 5. The summed E-state index contributed by atoms with van der Waals surface area (Å²) in [5, 5.41) is 42.5. The maximum Gasteiger partial charge on any atom is 0.251 e. The molecule has 5 saturated heterocycles. The van der Waals surface area contributed by atoms with Crippen molar-refractivity contribution < 1.29 is 32.3 Å². The van der Waals surface area contributed by atoms with Gasteiger partial charge in [0.15, 0.2) is 23.2 Å². The zero-order chi connectivity index (χ0) is 58.5. The molecule has 1 spiro atoms. The molecule has 2 amide bonds. The Labute approximate surface area is 495 Å². The zero-order valence-electron chi connectivity index (χ0n) is 49.2. The number of halogens is 2. The highest BCUT2D eigenvalue weighted by atomic mass is 19.2. The van der Waals surface area contributed by atoms with Crippen LogP contribution < -0.4 is 46.7 Å². The highest BCUT2D eigenvalue weighted by molar-refractivity contribution is 5.96. The zero-order valence-corrected chi connectivity index (χ0v) is 49.2. The average Bonchev–Trinajstić information content (AvgIpc) is 4.23. The molecule has 450 valence electrons. The minimum atomic E-state index is -1.04. The lowest BCUT2D eigenvalue weighted by Crippen LogP contribution is -2.75. The van der Waals surface area contributed by atoms with E-state index in [1.165, 1.54) is 12.5 Å². The Balaban J connectivity index is 0.692. The number of hydrogen-bond acceptors (Lipinski definition) is 15. The fraction of sp³-hybridized carbons (Fsp3) is 0.524. The number of H-pyrrole nitrogens is 2. The van der Waals surface area contributed by atoms with Gasteiger partial charge in [-0.1, -0.05) is 42.8 Å². The lowest BCUT2D eigenvalue weighted by Gasteiger charge is -2.55. The number of anilines is 2. The first-order valence-corrected chi connectivity index (χ1v) is 30.7. The van der Waals surface area contributed by atoms with Crippen LogP contribution in [0.2, 0.25) is 0 Å². The smallest absolute Gasteiger partial charge is 0.251 e. The fourth-order valence-corrected chi connectivity index (χ4v) is 14.6. The molecule has 20 nitrogen and oxygen atoms in total. The highest BCUT2D eigenvalue weighted by Crippen LogP contribution is 2.43. The number of nitrogens with zero attached hydrogens (tertiary/aromatic N) is 7.